The standard InChI is InChI=1S/C21H21NO3S/c23-18-16-8-4-5-9-17(16)20-21(19(18)24)26-13-15(25-20)12-22-11-10-14-6-2-1-3-7-14/h2,4-9,15,22H,1,3,10-13H2. The van der Waals surface area contributed by atoms with Crippen LogP contribution < -0.4 is 5.32 Å². The van der Waals surface area contributed by atoms with Crippen molar-refractivity contribution in [3.05, 3.63) is 64.1 Å². The maximum atomic E-state index is 12.3. The molecule has 0 fully saturated rings. The number of rotatable bonds is 5. The van der Waals surface area contributed by atoms with Crippen LogP contribution in [0.3, 0.4) is 0 Å². The van der Waals surface area contributed by atoms with Crippen molar-refractivity contribution in [2.24, 2.45) is 0 Å². The van der Waals surface area contributed by atoms with Crippen LogP contribution in [0.2, 0.25) is 0 Å². The summed E-state index contributed by atoms with van der Waals surface area (Å²) in [6, 6.07) is 7.20. The van der Waals surface area contributed by atoms with E-state index in [1.807, 2.05) is 12.1 Å². The van der Waals surface area contributed by atoms with Crippen molar-refractivity contribution in [3.8, 4) is 0 Å². The number of hydrogen-bond donors (Lipinski definition) is 1. The molecule has 3 aliphatic rings. The highest BCUT2D eigenvalue weighted by Crippen LogP contribution is 2.40. The summed E-state index contributed by atoms with van der Waals surface area (Å²) in [6.45, 7) is 1.63. The van der Waals surface area contributed by atoms with E-state index in [9.17, 15) is 9.59 Å². The van der Waals surface area contributed by atoms with E-state index in [0.717, 1.165) is 37.9 Å². The molecule has 1 N–H and O–H groups in total. The molecule has 4 nitrogen and oxygen atoms in total. The van der Waals surface area contributed by atoms with Crippen molar-refractivity contribution >= 4 is 29.1 Å². The number of hydrogen-bond acceptors (Lipinski definition) is 5. The van der Waals surface area contributed by atoms with Crippen LogP contribution in [0.25, 0.3) is 5.76 Å². The Labute approximate surface area is 157 Å². The van der Waals surface area contributed by atoms with Crippen LogP contribution in [0, 0.1) is 0 Å². The van der Waals surface area contributed by atoms with E-state index >= 15 is 0 Å². The maximum Gasteiger partial charge on any atom is 0.243 e. The third-order valence-corrected chi connectivity index (χ3v) is 5.97. The van der Waals surface area contributed by atoms with Gasteiger partial charge < -0.3 is 10.1 Å². The second-order valence-corrected chi connectivity index (χ2v) is 7.66. The minimum Gasteiger partial charge on any atom is -0.486 e. The van der Waals surface area contributed by atoms with E-state index in [-0.39, 0.29) is 6.10 Å². The second kappa shape index (κ2) is 7.64. The predicted molar refractivity (Wildman–Crippen MR) is 104 cm³/mol. The van der Waals surface area contributed by atoms with Gasteiger partial charge in [-0.1, -0.05) is 48.1 Å². The van der Waals surface area contributed by atoms with Crippen molar-refractivity contribution in [1.82, 2.24) is 5.32 Å². The minimum absolute atomic E-state index is 0.0105. The van der Waals surface area contributed by atoms with Crippen LogP contribution in [0.4, 0.5) is 0 Å². The van der Waals surface area contributed by atoms with Gasteiger partial charge in [-0.2, -0.15) is 0 Å². The van der Waals surface area contributed by atoms with E-state index in [1.54, 1.807) is 12.1 Å². The Bertz CT molecular complexity index is 837. The highest BCUT2D eigenvalue weighted by molar-refractivity contribution is 8.04. The molecule has 0 saturated carbocycles. The monoisotopic (exact) mass is 367 g/mol. The van der Waals surface area contributed by atoms with E-state index in [2.05, 4.69) is 23.5 Å². The van der Waals surface area contributed by atoms with E-state index < -0.39 is 11.6 Å². The van der Waals surface area contributed by atoms with Gasteiger partial charge in [0, 0.05) is 23.4 Å². The molecule has 0 saturated heterocycles. The molecule has 2 aliphatic carbocycles. The fourth-order valence-corrected chi connectivity index (χ4v) is 4.46. The van der Waals surface area contributed by atoms with Crippen molar-refractivity contribution in [2.45, 2.75) is 25.4 Å². The molecular weight excluding hydrogens is 346 g/mol. The van der Waals surface area contributed by atoms with Gasteiger partial charge in [0.05, 0.1) is 0 Å². The van der Waals surface area contributed by atoms with Crippen LogP contribution in [0.1, 0.15) is 35.2 Å². The molecule has 0 bridgehead atoms. The summed E-state index contributed by atoms with van der Waals surface area (Å²) in [6.07, 6.45) is 10.0. The zero-order valence-corrected chi connectivity index (χ0v) is 15.3. The number of thioether (sulfide) groups is 1. The van der Waals surface area contributed by atoms with Gasteiger partial charge in [-0.15, -0.1) is 11.8 Å². The number of nitrogens with one attached hydrogen (secondary N) is 1. The van der Waals surface area contributed by atoms with Gasteiger partial charge >= 0.3 is 0 Å². The second-order valence-electron chi connectivity index (χ2n) is 6.63. The lowest BCUT2D eigenvalue weighted by molar-refractivity contribution is -0.111. The zero-order valence-electron chi connectivity index (χ0n) is 14.5. The molecule has 1 unspecified atom stereocenters. The van der Waals surface area contributed by atoms with Gasteiger partial charge in [-0.25, -0.2) is 0 Å². The van der Waals surface area contributed by atoms with Crippen LogP contribution in [-0.4, -0.2) is 36.5 Å². The first-order valence-corrected chi connectivity index (χ1v) is 10.0. The molecule has 0 amide bonds. The lowest BCUT2D eigenvalue weighted by Crippen LogP contribution is -2.36. The number of benzene rings is 1. The van der Waals surface area contributed by atoms with Gasteiger partial charge in [0.15, 0.2) is 0 Å². The third-order valence-electron chi connectivity index (χ3n) is 4.77. The Hall–Kier alpha value is -2.11. The highest BCUT2D eigenvalue weighted by Gasteiger charge is 2.37. The number of ketones is 2. The van der Waals surface area contributed by atoms with Crippen molar-refractivity contribution in [3.63, 3.8) is 0 Å². The first-order chi connectivity index (χ1) is 12.7. The van der Waals surface area contributed by atoms with Crippen molar-refractivity contribution in [1.29, 1.82) is 0 Å². The lowest BCUT2D eigenvalue weighted by atomic mass is 9.93. The topological polar surface area (TPSA) is 55.4 Å². The van der Waals surface area contributed by atoms with Crippen LogP contribution in [-0.2, 0) is 9.53 Å². The molecular formula is C21H21NO3S. The maximum absolute atomic E-state index is 12.3. The Balaban J connectivity index is 1.39. The molecule has 1 aromatic rings. The first kappa shape index (κ1) is 17.3. The lowest BCUT2D eigenvalue weighted by Gasteiger charge is -2.30. The molecule has 1 atom stereocenters. The highest BCUT2D eigenvalue weighted by atomic mass is 32.2. The van der Waals surface area contributed by atoms with Gasteiger partial charge in [0.1, 0.15) is 16.8 Å². The van der Waals surface area contributed by atoms with E-state index in [1.165, 1.54) is 17.3 Å². The fraction of sp³-hybridized carbons (Fsp3) is 0.333. The number of Topliss-reactive ketones (excluding diaryl/α,β-unsaturated/α-hetero) is 2. The Morgan fingerprint density at radius 1 is 1.12 bits per heavy atom. The summed E-state index contributed by atoms with van der Waals surface area (Å²) in [5.74, 6) is 0.383. The molecule has 0 spiro atoms. The summed E-state index contributed by atoms with van der Waals surface area (Å²) in [5.41, 5.74) is 2.57. The normalized spacial score (nSPS) is 21.8. The van der Waals surface area contributed by atoms with Gasteiger partial charge in [0.2, 0.25) is 11.6 Å². The Morgan fingerprint density at radius 3 is 2.77 bits per heavy atom. The Kier molecular flexibility index (Phi) is 5.09. The van der Waals surface area contributed by atoms with Gasteiger partial charge in [-0.3, -0.25) is 9.59 Å². The van der Waals surface area contributed by atoms with Crippen LogP contribution >= 0.6 is 11.8 Å². The van der Waals surface area contributed by atoms with E-state index in [0.29, 0.717) is 22.0 Å². The number of carbonyl (C=O) groups excluding carboxylic acids is 2. The van der Waals surface area contributed by atoms with Crippen LogP contribution in [0.15, 0.2) is 53.0 Å². The van der Waals surface area contributed by atoms with Gasteiger partial charge in [-0.05, 0) is 25.8 Å². The summed E-state index contributed by atoms with van der Waals surface area (Å²) >= 11 is 1.44. The third kappa shape index (κ3) is 3.41. The van der Waals surface area contributed by atoms with Crippen LogP contribution in [0.5, 0.6) is 0 Å². The largest absolute Gasteiger partial charge is 0.486 e. The van der Waals surface area contributed by atoms with Gasteiger partial charge in [0.25, 0.3) is 0 Å². The SMILES string of the molecule is O=C1C(=O)c2ccccc2C2=C1SCC(CNCCC1=CCCC=C1)O2. The molecule has 0 radical (unpaired) electrons. The van der Waals surface area contributed by atoms with Crippen molar-refractivity contribution < 1.29 is 14.3 Å². The molecule has 134 valence electrons. The average molecular weight is 367 g/mol. The summed E-state index contributed by atoms with van der Waals surface area (Å²) in [5, 5.41) is 3.45. The molecule has 1 aliphatic heterocycles. The minimum atomic E-state index is -0.439. The molecule has 5 heteroatoms. The Morgan fingerprint density at radius 2 is 1.96 bits per heavy atom. The molecule has 0 aromatic heterocycles. The predicted octanol–water partition coefficient (Wildman–Crippen LogP) is 3.51. The number of ether oxygens (including phenoxy) is 1. The molecule has 4 rings (SSSR count). The number of carbonyl (C=O) groups is 2. The summed E-state index contributed by atoms with van der Waals surface area (Å²) in [4.78, 5) is 25.0. The summed E-state index contributed by atoms with van der Waals surface area (Å²) in [7, 11) is 0. The van der Waals surface area contributed by atoms with E-state index in [4.69, 9.17) is 4.74 Å². The summed E-state index contributed by atoms with van der Waals surface area (Å²) < 4.78 is 6.12. The fourth-order valence-electron chi connectivity index (χ4n) is 3.40. The molecule has 26 heavy (non-hydrogen) atoms. The molecule has 1 aromatic carbocycles. The number of allylic oxidation sites excluding steroid dienone is 4. The van der Waals surface area contributed by atoms with Crippen molar-refractivity contribution in [2.75, 3.05) is 18.8 Å². The quantitative estimate of drug-likeness (QED) is 0.638. The first-order valence-electron chi connectivity index (χ1n) is 9.02. The number of fused-ring (bicyclic) bond motifs is 2. The zero-order chi connectivity index (χ0) is 17.9. The molecule has 1 heterocycles. The average Bonchev–Trinajstić information content (AvgIpc) is 2.70. The smallest absolute Gasteiger partial charge is 0.243 e.